The Morgan fingerprint density at radius 3 is 2.71 bits per heavy atom. The first kappa shape index (κ1) is 15.7. The fourth-order valence-corrected chi connectivity index (χ4v) is 2.22. The summed E-state index contributed by atoms with van der Waals surface area (Å²) in [6.45, 7) is 0.859. The lowest BCUT2D eigenvalue weighted by molar-refractivity contribution is 0.0187. The van der Waals surface area contributed by atoms with Crippen molar-refractivity contribution < 1.29 is 18.3 Å². The monoisotopic (exact) mass is 295 g/mol. The molecule has 0 aliphatic rings. The van der Waals surface area contributed by atoms with Crippen molar-refractivity contribution >= 4 is 10.8 Å². The van der Waals surface area contributed by atoms with E-state index in [1.54, 1.807) is 7.11 Å². The van der Waals surface area contributed by atoms with Crippen LogP contribution in [0.15, 0.2) is 36.4 Å². The molecule has 0 atom stereocenters. The first-order valence-corrected chi connectivity index (χ1v) is 6.83. The van der Waals surface area contributed by atoms with Gasteiger partial charge >= 0.3 is 0 Å². The largest absolute Gasteiger partial charge is 0.496 e. The van der Waals surface area contributed by atoms with E-state index in [4.69, 9.17) is 9.47 Å². The van der Waals surface area contributed by atoms with Crippen LogP contribution in [0.1, 0.15) is 5.56 Å². The van der Waals surface area contributed by atoms with Gasteiger partial charge < -0.3 is 14.8 Å². The van der Waals surface area contributed by atoms with E-state index in [1.807, 2.05) is 36.4 Å². The van der Waals surface area contributed by atoms with Crippen molar-refractivity contribution in [3.8, 4) is 5.75 Å². The zero-order chi connectivity index (χ0) is 15.1. The van der Waals surface area contributed by atoms with Gasteiger partial charge in [-0.1, -0.05) is 30.3 Å². The summed E-state index contributed by atoms with van der Waals surface area (Å²) in [5.41, 5.74) is 1.06. The van der Waals surface area contributed by atoms with E-state index >= 15 is 0 Å². The average molecular weight is 295 g/mol. The SMILES string of the molecule is COc1ccc2ccccc2c1CNCCOCC(F)F. The molecule has 0 unspecified atom stereocenters. The lowest BCUT2D eigenvalue weighted by Crippen LogP contribution is -2.21. The topological polar surface area (TPSA) is 30.5 Å². The molecule has 0 bridgehead atoms. The van der Waals surface area contributed by atoms with Gasteiger partial charge in [0, 0.05) is 18.7 Å². The Morgan fingerprint density at radius 2 is 1.95 bits per heavy atom. The van der Waals surface area contributed by atoms with Crippen LogP contribution >= 0.6 is 0 Å². The molecule has 0 spiro atoms. The van der Waals surface area contributed by atoms with E-state index in [1.165, 1.54) is 0 Å². The van der Waals surface area contributed by atoms with E-state index in [9.17, 15) is 8.78 Å². The van der Waals surface area contributed by atoms with E-state index in [0.717, 1.165) is 22.1 Å². The molecule has 0 heterocycles. The van der Waals surface area contributed by atoms with Crippen LogP contribution in [0.4, 0.5) is 8.78 Å². The second-order valence-corrected chi connectivity index (χ2v) is 4.61. The number of ether oxygens (including phenoxy) is 2. The molecule has 0 saturated carbocycles. The van der Waals surface area contributed by atoms with Gasteiger partial charge in [-0.05, 0) is 16.8 Å². The lowest BCUT2D eigenvalue weighted by Gasteiger charge is -2.13. The van der Waals surface area contributed by atoms with Crippen molar-refractivity contribution in [2.75, 3.05) is 26.9 Å². The fraction of sp³-hybridized carbons (Fsp3) is 0.375. The number of nitrogens with one attached hydrogen (secondary N) is 1. The van der Waals surface area contributed by atoms with Gasteiger partial charge in [-0.3, -0.25) is 0 Å². The van der Waals surface area contributed by atoms with Crippen LogP contribution in [0.3, 0.4) is 0 Å². The highest BCUT2D eigenvalue weighted by atomic mass is 19.3. The molecule has 0 aliphatic carbocycles. The molecular formula is C16H19F2NO2. The Hall–Kier alpha value is -1.72. The molecule has 21 heavy (non-hydrogen) atoms. The van der Waals surface area contributed by atoms with E-state index in [0.29, 0.717) is 13.1 Å². The molecule has 2 aromatic rings. The Morgan fingerprint density at radius 1 is 1.14 bits per heavy atom. The number of rotatable bonds is 8. The highest BCUT2D eigenvalue weighted by molar-refractivity contribution is 5.87. The summed E-state index contributed by atoms with van der Waals surface area (Å²) in [6.07, 6.45) is -2.41. The molecule has 1 N–H and O–H groups in total. The molecule has 5 heteroatoms. The minimum absolute atomic E-state index is 0.261. The first-order chi connectivity index (χ1) is 10.2. The summed E-state index contributed by atoms with van der Waals surface area (Å²) in [7, 11) is 1.64. The van der Waals surface area contributed by atoms with Crippen LogP contribution in [-0.4, -0.2) is 33.3 Å². The summed E-state index contributed by atoms with van der Waals surface area (Å²) in [4.78, 5) is 0. The molecule has 3 nitrogen and oxygen atoms in total. The molecular weight excluding hydrogens is 276 g/mol. The van der Waals surface area contributed by atoms with E-state index in [2.05, 4.69) is 5.32 Å². The number of alkyl halides is 2. The summed E-state index contributed by atoms with van der Waals surface area (Å²) < 4.78 is 34.1. The van der Waals surface area contributed by atoms with Crippen LogP contribution < -0.4 is 10.1 Å². The molecule has 2 rings (SSSR count). The molecule has 2 aromatic carbocycles. The molecule has 0 aromatic heterocycles. The third kappa shape index (κ3) is 4.37. The fourth-order valence-electron chi connectivity index (χ4n) is 2.22. The van der Waals surface area contributed by atoms with Crippen molar-refractivity contribution in [1.29, 1.82) is 0 Å². The molecule has 0 radical (unpaired) electrons. The zero-order valence-corrected chi connectivity index (χ0v) is 11.9. The van der Waals surface area contributed by atoms with Gasteiger partial charge in [0.25, 0.3) is 6.43 Å². The summed E-state index contributed by atoms with van der Waals surface area (Å²) in [6, 6.07) is 12.0. The highest BCUT2D eigenvalue weighted by Gasteiger charge is 2.07. The second kappa shape index (κ2) is 7.90. The van der Waals surface area contributed by atoms with Gasteiger partial charge in [0.2, 0.25) is 0 Å². The minimum atomic E-state index is -2.41. The van der Waals surface area contributed by atoms with Crippen LogP contribution in [0.25, 0.3) is 10.8 Å². The number of halogens is 2. The standard InChI is InChI=1S/C16H19F2NO2/c1-20-15-7-6-12-4-2-3-5-13(12)14(15)10-19-8-9-21-11-16(17)18/h2-7,16,19H,8-11H2,1H3. The predicted molar refractivity (Wildman–Crippen MR) is 79.0 cm³/mol. The van der Waals surface area contributed by atoms with Gasteiger partial charge in [0.1, 0.15) is 12.4 Å². The van der Waals surface area contributed by atoms with Crippen molar-refractivity contribution in [2.24, 2.45) is 0 Å². The normalized spacial score (nSPS) is 11.2. The Balaban J connectivity index is 1.97. The number of benzene rings is 2. The van der Waals surface area contributed by atoms with Gasteiger partial charge in [-0.15, -0.1) is 0 Å². The van der Waals surface area contributed by atoms with Gasteiger partial charge in [0.15, 0.2) is 0 Å². The Labute approximate surface area is 122 Å². The molecule has 0 aliphatic heterocycles. The molecule has 0 fully saturated rings. The van der Waals surface area contributed by atoms with E-state index < -0.39 is 13.0 Å². The number of fused-ring (bicyclic) bond motifs is 1. The van der Waals surface area contributed by atoms with Crippen LogP contribution in [0, 0.1) is 0 Å². The number of hydrogen-bond donors (Lipinski definition) is 1. The Kier molecular flexibility index (Phi) is 5.90. The zero-order valence-electron chi connectivity index (χ0n) is 11.9. The highest BCUT2D eigenvalue weighted by Crippen LogP contribution is 2.27. The third-order valence-corrected chi connectivity index (χ3v) is 3.19. The van der Waals surface area contributed by atoms with Crippen molar-refractivity contribution in [3.63, 3.8) is 0 Å². The minimum Gasteiger partial charge on any atom is -0.496 e. The maximum Gasteiger partial charge on any atom is 0.261 e. The Bertz CT molecular complexity index is 575. The maximum absolute atomic E-state index is 11.9. The smallest absolute Gasteiger partial charge is 0.261 e. The van der Waals surface area contributed by atoms with Crippen LogP contribution in [0.5, 0.6) is 5.75 Å². The van der Waals surface area contributed by atoms with E-state index in [-0.39, 0.29) is 6.61 Å². The second-order valence-electron chi connectivity index (χ2n) is 4.61. The maximum atomic E-state index is 11.9. The van der Waals surface area contributed by atoms with Crippen molar-refractivity contribution in [2.45, 2.75) is 13.0 Å². The summed E-state index contributed by atoms with van der Waals surface area (Å²) in [5.74, 6) is 0.815. The van der Waals surface area contributed by atoms with Gasteiger partial charge in [-0.25, -0.2) is 8.78 Å². The lowest BCUT2D eigenvalue weighted by atomic mass is 10.0. The van der Waals surface area contributed by atoms with Gasteiger partial charge in [0.05, 0.1) is 13.7 Å². The number of methoxy groups -OCH3 is 1. The molecule has 0 amide bonds. The van der Waals surface area contributed by atoms with Gasteiger partial charge in [-0.2, -0.15) is 0 Å². The predicted octanol–water partition coefficient (Wildman–Crippen LogP) is 3.22. The number of hydrogen-bond acceptors (Lipinski definition) is 3. The van der Waals surface area contributed by atoms with Crippen LogP contribution in [-0.2, 0) is 11.3 Å². The molecule has 0 saturated heterocycles. The summed E-state index contributed by atoms with van der Waals surface area (Å²) >= 11 is 0. The quantitative estimate of drug-likeness (QED) is 0.759. The third-order valence-electron chi connectivity index (χ3n) is 3.19. The van der Waals surface area contributed by atoms with Crippen molar-refractivity contribution in [3.05, 3.63) is 42.0 Å². The van der Waals surface area contributed by atoms with Crippen molar-refractivity contribution in [1.82, 2.24) is 5.32 Å². The average Bonchev–Trinajstić information content (AvgIpc) is 2.50. The molecule has 114 valence electrons. The first-order valence-electron chi connectivity index (χ1n) is 6.83. The summed E-state index contributed by atoms with van der Waals surface area (Å²) in [5, 5.41) is 5.46. The van der Waals surface area contributed by atoms with Crippen LogP contribution in [0.2, 0.25) is 0 Å².